The average Bonchev–Trinajstić information content (AvgIpc) is 1.80. The predicted octanol–water partition coefficient (Wildman–Crippen LogP) is -3.63. The van der Waals surface area contributed by atoms with Gasteiger partial charge in [-0.3, -0.25) is 9.08 Å². The zero-order valence-corrected chi connectivity index (χ0v) is 10.2. The zero-order valence-electron chi connectivity index (χ0n) is 6.55. The number of carboxylic acid groups (broad SMARTS) is 1. The van der Waals surface area contributed by atoms with Crippen molar-refractivity contribution in [2.24, 2.45) is 0 Å². The third-order valence-electron chi connectivity index (χ3n) is 0.717. The Hall–Kier alpha value is 0.560. The van der Waals surface area contributed by atoms with E-state index in [2.05, 4.69) is 15.4 Å². The van der Waals surface area contributed by atoms with Gasteiger partial charge >= 0.3 is 35.7 Å². The van der Waals surface area contributed by atoms with E-state index in [0.29, 0.717) is 4.90 Å². The molecule has 0 bridgehead atoms. The molecule has 0 radical (unpaired) electrons. The van der Waals surface area contributed by atoms with Gasteiger partial charge in [-0.05, 0) is 11.2 Å². The van der Waals surface area contributed by atoms with Crippen molar-refractivity contribution in [2.45, 2.75) is 0 Å². The second-order valence-corrected chi connectivity index (χ2v) is 3.91. The minimum Gasteiger partial charge on any atom is -0.748 e. The molecule has 0 saturated heterocycles. The molecule has 0 heterocycles. The summed E-state index contributed by atoms with van der Waals surface area (Å²) in [6, 6.07) is 0. The van der Waals surface area contributed by atoms with Crippen molar-refractivity contribution in [2.75, 3.05) is 13.8 Å². The zero-order chi connectivity index (χ0) is 9.07. The Kier molecular flexibility index (Phi) is 7.63. The molecule has 1 amide bonds. The van der Waals surface area contributed by atoms with Crippen molar-refractivity contribution >= 4 is 26.3 Å². The van der Waals surface area contributed by atoms with Crippen molar-refractivity contribution in [3.05, 3.63) is 0 Å². The summed E-state index contributed by atoms with van der Waals surface area (Å²) in [4.78, 5) is 10.7. The van der Waals surface area contributed by atoms with Crippen LogP contribution in [-0.2, 0) is 24.4 Å². The summed E-state index contributed by atoms with van der Waals surface area (Å²) in [5.74, 6) is 0. The van der Waals surface area contributed by atoms with Crippen LogP contribution >= 0.6 is 0 Å². The molecule has 1 atom stereocenters. The van der Waals surface area contributed by atoms with E-state index in [0.717, 1.165) is 7.05 Å². The summed E-state index contributed by atoms with van der Waals surface area (Å²) < 4.78 is 24.2. The number of amides is 1. The van der Waals surface area contributed by atoms with Crippen LogP contribution in [0.3, 0.4) is 0 Å². The molecule has 12 heavy (non-hydrogen) atoms. The molecule has 0 spiro atoms. The second kappa shape index (κ2) is 6.08. The quantitative estimate of drug-likeness (QED) is 0.392. The van der Waals surface area contributed by atoms with Crippen LogP contribution in [0.2, 0.25) is 0 Å². The van der Waals surface area contributed by atoms with Crippen LogP contribution in [0, 0.1) is 0 Å². The van der Waals surface area contributed by atoms with E-state index in [9.17, 15) is 13.6 Å². The first-order valence-corrected chi connectivity index (χ1v) is 4.70. The Labute approximate surface area is 96.9 Å². The van der Waals surface area contributed by atoms with Crippen molar-refractivity contribution in [3.63, 3.8) is 0 Å². The molecule has 0 aliphatic rings. The largest absolute Gasteiger partial charge is 1.00 e. The molecular weight excluding hydrogens is 217 g/mol. The summed E-state index contributed by atoms with van der Waals surface area (Å²) in [5.41, 5.74) is 0. The van der Waals surface area contributed by atoms with Gasteiger partial charge in [-0.1, -0.05) is 0 Å². The molecule has 0 aromatic heterocycles. The summed E-state index contributed by atoms with van der Waals surface area (Å²) in [6.07, 6.45) is -1.29. The standard InChI is InChI=1S/C3H7NO5S2.Na/c1-4(3(5)6)2-9-11(7,8)10;/h2H2,1H3,(H,5,6)(H,7,8,10);/q;+1/p-1. The van der Waals surface area contributed by atoms with Crippen LogP contribution in [0.1, 0.15) is 0 Å². The number of hydrogen-bond donors (Lipinski definition) is 1. The fourth-order valence-corrected chi connectivity index (χ4v) is 0.615. The minimum absolute atomic E-state index is 0. The predicted molar refractivity (Wildman–Crippen MR) is 38.0 cm³/mol. The Morgan fingerprint density at radius 2 is 2.25 bits per heavy atom. The molecule has 0 rings (SSSR count). The Morgan fingerprint density at radius 3 is 2.50 bits per heavy atom. The molecule has 0 aromatic rings. The molecule has 1 N–H and O–H groups in total. The van der Waals surface area contributed by atoms with Gasteiger partial charge in [0.05, 0.1) is 9.05 Å². The van der Waals surface area contributed by atoms with Crippen LogP contribution in [0.5, 0.6) is 0 Å². The molecule has 66 valence electrons. The summed E-state index contributed by atoms with van der Waals surface area (Å²) in [7, 11) is -2.82. The first-order chi connectivity index (χ1) is 4.83. The third kappa shape index (κ3) is 8.65. The van der Waals surface area contributed by atoms with Gasteiger partial charge < -0.3 is 9.66 Å². The number of carbonyl (C=O) groups is 1. The van der Waals surface area contributed by atoms with Crippen LogP contribution < -0.4 is 29.6 Å². The molecule has 0 fully saturated rings. The monoisotopic (exact) mass is 223 g/mol. The molecule has 9 heteroatoms. The van der Waals surface area contributed by atoms with E-state index in [1.54, 1.807) is 0 Å². The van der Waals surface area contributed by atoms with E-state index in [1.165, 1.54) is 0 Å². The fourth-order valence-electron chi connectivity index (χ4n) is 0.199. The maximum Gasteiger partial charge on any atom is 1.00 e. The molecule has 6 nitrogen and oxygen atoms in total. The maximum absolute atomic E-state index is 10.1. The number of nitrogens with zero attached hydrogens (tertiary/aromatic N) is 1. The van der Waals surface area contributed by atoms with Gasteiger partial charge in [-0.25, -0.2) is 9.00 Å². The van der Waals surface area contributed by atoms with E-state index in [1.807, 2.05) is 0 Å². The summed E-state index contributed by atoms with van der Waals surface area (Å²) >= 11 is 3.82. The van der Waals surface area contributed by atoms with Crippen molar-refractivity contribution in [3.8, 4) is 0 Å². The topological polar surface area (TPSA) is 89.9 Å². The van der Waals surface area contributed by atoms with E-state index in [-0.39, 0.29) is 29.6 Å². The molecular formula is C3H6NNaO5S2. The molecule has 0 aliphatic carbocycles. The van der Waals surface area contributed by atoms with Crippen molar-refractivity contribution in [1.29, 1.82) is 0 Å². The molecule has 0 saturated carbocycles. The Balaban J connectivity index is 0. The first-order valence-electron chi connectivity index (χ1n) is 2.37. The SMILES string of the molecule is CN(COS(=O)([O-])=S)C(=O)O.[Na+]. The van der Waals surface area contributed by atoms with E-state index < -0.39 is 21.9 Å². The van der Waals surface area contributed by atoms with Gasteiger partial charge in [0, 0.05) is 7.05 Å². The normalized spacial score (nSPS) is 14.2. The Bertz CT molecular complexity index is 239. The minimum atomic E-state index is -3.97. The first kappa shape index (κ1) is 15.1. The third-order valence-corrected chi connectivity index (χ3v) is 1.40. The van der Waals surface area contributed by atoms with Gasteiger partial charge in [-0.2, -0.15) is 0 Å². The average molecular weight is 223 g/mol. The smallest absolute Gasteiger partial charge is 0.748 e. The van der Waals surface area contributed by atoms with Crippen molar-refractivity contribution < 1.29 is 52.4 Å². The molecule has 1 unspecified atom stereocenters. The van der Waals surface area contributed by atoms with Crippen LogP contribution in [-0.4, -0.2) is 38.6 Å². The van der Waals surface area contributed by atoms with Gasteiger partial charge in [-0.15, -0.1) is 0 Å². The van der Waals surface area contributed by atoms with Gasteiger partial charge in [0.15, 0.2) is 0 Å². The second-order valence-electron chi connectivity index (χ2n) is 1.64. The number of rotatable bonds is 3. The van der Waals surface area contributed by atoms with E-state index in [4.69, 9.17) is 5.11 Å². The van der Waals surface area contributed by atoms with Crippen LogP contribution in [0.15, 0.2) is 0 Å². The van der Waals surface area contributed by atoms with Crippen LogP contribution in [0.25, 0.3) is 0 Å². The van der Waals surface area contributed by atoms with Gasteiger partial charge in [0.25, 0.3) is 0 Å². The van der Waals surface area contributed by atoms with E-state index >= 15 is 0 Å². The molecule has 0 aliphatic heterocycles. The maximum atomic E-state index is 10.1. The number of hydrogen-bond acceptors (Lipinski definition) is 5. The summed E-state index contributed by atoms with van der Waals surface area (Å²) in [5, 5.41) is 8.20. The van der Waals surface area contributed by atoms with Crippen LogP contribution in [0.4, 0.5) is 4.79 Å². The van der Waals surface area contributed by atoms with Gasteiger partial charge in [0.2, 0.25) is 0 Å². The van der Waals surface area contributed by atoms with Crippen molar-refractivity contribution in [1.82, 2.24) is 4.90 Å². The van der Waals surface area contributed by atoms with Gasteiger partial charge in [0.1, 0.15) is 6.73 Å². The fraction of sp³-hybridized carbons (Fsp3) is 0.667. The molecule has 0 aromatic carbocycles. The summed E-state index contributed by atoms with van der Waals surface area (Å²) in [6.45, 7) is -0.582. The Morgan fingerprint density at radius 1 is 1.83 bits per heavy atom.